The Hall–Kier alpha value is -1.44. The quantitative estimate of drug-likeness (QED) is 0.846. The van der Waals surface area contributed by atoms with Gasteiger partial charge in [-0.25, -0.2) is 4.39 Å². The molecule has 0 saturated carbocycles. The van der Waals surface area contributed by atoms with Crippen LogP contribution in [-0.2, 0) is 6.54 Å². The van der Waals surface area contributed by atoms with E-state index in [-0.39, 0.29) is 5.56 Å². The second kappa shape index (κ2) is 4.44. The molecule has 3 nitrogen and oxygen atoms in total. The zero-order chi connectivity index (χ0) is 12.5. The van der Waals surface area contributed by atoms with E-state index in [4.69, 9.17) is 5.26 Å². The highest BCUT2D eigenvalue weighted by Crippen LogP contribution is 2.22. The van der Waals surface area contributed by atoms with Crippen molar-refractivity contribution in [1.82, 2.24) is 4.90 Å². The van der Waals surface area contributed by atoms with Crippen molar-refractivity contribution < 1.29 is 9.50 Å². The van der Waals surface area contributed by atoms with E-state index in [1.165, 1.54) is 6.07 Å². The number of benzene rings is 1. The largest absolute Gasteiger partial charge is 0.389 e. The summed E-state index contributed by atoms with van der Waals surface area (Å²) in [6, 6.07) is 6.41. The molecule has 2 rings (SSSR count). The number of halogens is 1. The second-order valence-corrected chi connectivity index (χ2v) is 4.88. The smallest absolute Gasteiger partial charge is 0.140 e. The van der Waals surface area contributed by atoms with Crippen LogP contribution < -0.4 is 0 Å². The molecular formula is C13H15FN2O. The first-order valence-corrected chi connectivity index (χ1v) is 5.63. The minimum atomic E-state index is -0.627. The summed E-state index contributed by atoms with van der Waals surface area (Å²) < 4.78 is 13.1. The molecule has 0 radical (unpaired) electrons. The Kier molecular flexibility index (Phi) is 3.14. The molecule has 1 atom stereocenters. The monoisotopic (exact) mass is 234 g/mol. The van der Waals surface area contributed by atoms with Crippen LogP contribution in [0.5, 0.6) is 0 Å². The third-order valence-electron chi connectivity index (χ3n) is 3.09. The highest BCUT2D eigenvalue weighted by molar-refractivity contribution is 5.34. The molecule has 0 amide bonds. The summed E-state index contributed by atoms with van der Waals surface area (Å²) in [5, 5.41) is 18.6. The lowest BCUT2D eigenvalue weighted by molar-refractivity contribution is 0.0679. The highest BCUT2D eigenvalue weighted by Gasteiger charge is 2.30. The van der Waals surface area contributed by atoms with Gasteiger partial charge in [0, 0.05) is 19.6 Å². The molecule has 1 aromatic rings. The molecular weight excluding hydrogens is 219 g/mol. The Bertz CT molecular complexity index is 465. The van der Waals surface area contributed by atoms with Gasteiger partial charge in [0.15, 0.2) is 0 Å². The topological polar surface area (TPSA) is 47.3 Å². The van der Waals surface area contributed by atoms with Crippen LogP contribution >= 0.6 is 0 Å². The van der Waals surface area contributed by atoms with E-state index in [0.29, 0.717) is 13.1 Å². The Morgan fingerprint density at radius 2 is 2.35 bits per heavy atom. The van der Waals surface area contributed by atoms with Crippen LogP contribution in [0.25, 0.3) is 0 Å². The Morgan fingerprint density at radius 3 is 2.94 bits per heavy atom. The van der Waals surface area contributed by atoms with E-state index in [1.54, 1.807) is 12.1 Å². The van der Waals surface area contributed by atoms with Gasteiger partial charge in [-0.05, 0) is 31.0 Å². The molecule has 90 valence electrons. The summed E-state index contributed by atoms with van der Waals surface area (Å²) in [6.07, 6.45) is 0.749. The van der Waals surface area contributed by atoms with Crippen molar-refractivity contribution in [3.8, 4) is 6.07 Å². The van der Waals surface area contributed by atoms with Crippen molar-refractivity contribution in [3.05, 3.63) is 35.1 Å². The van der Waals surface area contributed by atoms with Crippen LogP contribution in [-0.4, -0.2) is 28.7 Å². The van der Waals surface area contributed by atoms with Gasteiger partial charge < -0.3 is 5.11 Å². The molecule has 1 aliphatic heterocycles. The minimum absolute atomic E-state index is 0.0773. The van der Waals surface area contributed by atoms with E-state index < -0.39 is 11.4 Å². The molecule has 1 aromatic carbocycles. The molecule has 1 heterocycles. The molecule has 0 bridgehead atoms. The zero-order valence-corrected chi connectivity index (χ0v) is 9.78. The van der Waals surface area contributed by atoms with Crippen LogP contribution in [0.2, 0.25) is 0 Å². The summed E-state index contributed by atoms with van der Waals surface area (Å²) >= 11 is 0. The summed E-state index contributed by atoms with van der Waals surface area (Å²) in [5.74, 6) is -0.482. The molecule has 1 aliphatic rings. The Morgan fingerprint density at radius 1 is 1.59 bits per heavy atom. The number of hydrogen-bond acceptors (Lipinski definition) is 3. The molecule has 1 saturated heterocycles. The average molecular weight is 234 g/mol. The number of β-amino-alcohol motifs (C(OH)–C–C–N with tert-alkyl or cyclic N) is 1. The van der Waals surface area contributed by atoms with Gasteiger partial charge in [-0.1, -0.05) is 6.07 Å². The van der Waals surface area contributed by atoms with E-state index >= 15 is 0 Å². The molecule has 1 fully saturated rings. The maximum absolute atomic E-state index is 13.1. The first kappa shape index (κ1) is 12.0. The number of nitriles is 1. The third kappa shape index (κ3) is 2.82. The summed E-state index contributed by atoms with van der Waals surface area (Å²) in [7, 11) is 0. The first-order valence-electron chi connectivity index (χ1n) is 5.63. The van der Waals surface area contributed by atoms with Gasteiger partial charge in [0.1, 0.15) is 11.9 Å². The first-order chi connectivity index (χ1) is 8.00. The van der Waals surface area contributed by atoms with Gasteiger partial charge >= 0.3 is 0 Å². The predicted octanol–water partition coefficient (Wildman–Crippen LogP) is 1.65. The normalized spacial score (nSPS) is 24.8. The van der Waals surface area contributed by atoms with Gasteiger partial charge in [0.25, 0.3) is 0 Å². The fraction of sp³-hybridized carbons (Fsp3) is 0.462. The molecule has 1 N–H and O–H groups in total. The van der Waals surface area contributed by atoms with E-state index in [2.05, 4.69) is 4.90 Å². The minimum Gasteiger partial charge on any atom is -0.389 e. The van der Waals surface area contributed by atoms with Crippen LogP contribution in [0.1, 0.15) is 24.5 Å². The Labute approximate surface area is 100 Å². The van der Waals surface area contributed by atoms with Gasteiger partial charge in [-0.3, -0.25) is 4.90 Å². The van der Waals surface area contributed by atoms with Crippen molar-refractivity contribution in [3.63, 3.8) is 0 Å². The van der Waals surface area contributed by atoms with Crippen molar-refractivity contribution in [2.75, 3.05) is 13.1 Å². The van der Waals surface area contributed by atoms with E-state index in [0.717, 1.165) is 18.5 Å². The standard InChI is InChI=1S/C13H15FN2O/c1-13(17)4-5-16(9-13)8-10-2-3-12(14)11(6-10)7-15/h2-3,6,17H,4-5,8-9H2,1H3. The summed E-state index contributed by atoms with van der Waals surface area (Å²) in [5.41, 5.74) is 0.354. The van der Waals surface area contributed by atoms with Crippen molar-refractivity contribution in [1.29, 1.82) is 5.26 Å². The lowest BCUT2D eigenvalue weighted by atomic mass is 10.1. The van der Waals surface area contributed by atoms with Crippen LogP contribution in [0.4, 0.5) is 4.39 Å². The number of hydrogen-bond donors (Lipinski definition) is 1. The number of nitrogens with zero attached hydrogens (tertiary/aromatic N) is 2. The fourth-order valence-corrected chi connectivity index (χ4v) is 2.19. The molecule has 0 aromatic heterocycles. The van der Waals surface area contributed by atoms with Gasteiger partial charge in [-0.2, -0.15) is 5.26 Å². The number of rotatable bonds is 2. The highest BCUT2D eigenvalue weighted by atomic mass is 19.1. The van der Waals surface area contributed by atoms with E-state index in [9.17, 15) is 9.50 Å². The van der Waals surface area contributed by atoms with E-state index in [1.807, 2.05) is 13.0 Å². The van der Waals surface area contributed by atoms with Crippen LogP contribution in [0.15, 0.2) is 18.2 Å². The van der Waals surface area contributed by atoms with Gasteiger partial charge in [-0.15, -0.1) is 0 Å². The fourth-order valence-electron chi connectivity index (χ4n) is 2.19. The molecule has 1 unspecified atom stereocenters. The van der Waals surface area contributed by atoms with Crippen molar-refractivity contribution in [2.24, 2.45) is 0 Å². The lowest BCUT2D eigenvalue weighted by Gasteiger charge is -2.18. The number of aliphatic hydroxyl groups is 1. The maximum atomic E-state index is 13.1. The molecule has 17 heavy (non-hydrogen) atoms. The van der Waals surface area contributed by atoms with Crippen molar-refractivity contribution >= 4 is 0 Å². The zero-order valence-electron chi connectivity index (χ0n) is 9.78. The maximum Gasteiger partial charge on any atom is 0.140 e. The lowest BCUT2D eigenvalue weighted by Crippen LogP contribution is -2.29. The predicted molar refractivity (Wildman–Crippen MR) is 61.6 cm³/mol. The van der Waals surface area contributed by atoms with Crippen LogP contribution in [0, 0.1) is 17.1 Å². The molecule has 0 spiro atoms. The van der Waals surface area contributed by atoms with Gasteiger partial charge in [0.2, 0.25) is 0 Å². The molecule has 4 heteroatoms. The average Bonchev–Trinajstić information content (AvgIpc) is 2.61. The summed E-state index contributed by atoms with van der Waals surface area (Å²) in [6.45, 7) is 3.90. The third-order valence-corrected chi connectivity index (χ3v) is 3.09. The summed E-state index contributed by atoms with van der Waals surface area (Å²) in [4.78, 5) is 2.11. The van der Waals surface area contributed by atoms with Gasteiger partial charge in [0.05, 0.1) is 11.2 Å². The van der Waals surface area contributed by atoms with Crippen LogP contribution in [0.3, 0.4) is 0 Å². The number of likely N-dealkylation sites (tertiary alicyclic amines) is 1. The Balaban J connectivity index is 2.08. The molecule has 0 aliphatic carbocycles. The SMILES string of the molecule is CC1(O)CCN(Cc2ccc(F)c(C#N)c2)C1. The van der Waals surface area contributed by atoms with Crippen molar-refractivity contribution in [2.45, 2.75) is 25.5 Å². The second-order valence-electron chi connectivity index (χ2n) is 4.88.